The first kappa shape index (κ1) is 20.2. The molecule has 1 amide bonds. The Morgan fingerprint density at radius 1 is 1.38 bits per heavy atom. The van der Waals surface area contributed by atoms with E-state index >= 15 is 0 Å². The number of nitrogens with zero attached hydrogens (tertiary/aromatic N) is 1. The molecule has 0 radical (unpaired) electrons. The van der Waals surface area contributed by atoms with Gasteiger partial charge in [0.15, 0.2) is 0 Å². The van der Waals surface area contributed by atoms with Crippen molar-refractivity contribution in [2.24, 2.45) is 5.92 Å². The second-order valence-corrected chi connectivity index (χ2v) is 8.50. The summed E-state index contributed by atoms with van der Waals surface area (Å²) in [7, 11) is -1.09. The quantitative estimate of drug-likeness (QED) is 0.760. The van der Waals surface area contributed by atoms with Crippen molar-refractivity contribution in [1.29, 1.82) is 0 Å². The maximum absolute atomic E-state index is 12.5. The molecule has 0 aliphatic heterocycles. The van der Waals surface area contributed by atoms with Crippen molar-refractivity contribution in [2.75, 3.05) is 14.1 Å². The molecule has 1 unspecified atom stereocenters. The monoisotopic (exact) mass is 360 g/mol. The predicted molar refractivity (Wildman–Crippen MR) is 87.3 cm³/mol. The number of furan rings is 1. The minimum atomic E-state index is -3.80. The molecule has 0 saturated carbocycles. The number of nitrogens with one attached hydrogen (secondary N) is 1. The van der Waals surface area contributed by atoms with Gasteiger partial charge in [0, 0.05) is 20.2 Å². The first-order valence-electron chi connectivity index (χ1n) is 7.38. The van der Waals surface area contributed by atoms with E-state index in [2.05, 4.69) is 5.32 Å². The molecule has 0 bridgehead atoms. The highest BCUT2D eigenvalue weighted by Gasteiger charge is 2.34. The predicted octanol–water partition coefficient (Wildman–Crippen LogP) is 1.46. The standard InChI is InChI=1S/C15H24N2O6S/c1-9(2)15(4,8-12(18)19)16-14(20)11-7-13(23-10(11)3)24(21,22)17(5)6/h7,9H,8H2,1-6H3,(H,16,20)(H,18,19). The highest BCUT2D eigenvalue weighted by molar-refractivity contribution is 7.88. The summed E-state index contributed by atoms with van der Waals surface area (Å²) in [5.74, 6) is -1.61. The summed E-state index contributed by atoms with van der Waals surface area (Å²) in [4.78, 5) is 23.6. The van der Waals surface area contributed by atoms with Crippen LogP contribution >= 0.6 is 0 Å². The molecule has 1 rings (SSSR count). The zero-order valence-corrected chi connectivity index (χ0v) is 15.5. The van der Waals surface area contributed by atoms with E-state index in [9.17, 15) is 18.0 Å². The van der Waals surface area contributed by atoms with Gasteiger partial charge in [0.05, 0.1) is 17.5 Å². The lowest BCUT2D eigenvalue weighted by molar-refractivity contribution is -0.138. The summed E-state index contributed by atoms with van der Waals surface area (Å²) in [5.41, 5.74) is -0.916. The molecular weight excluding hydrogens is 336 g/mol. The summed E-state index contributed by atoms with van der Waals surface area (Å²) >= 11 is 0. The Labute approximate surface area is 141 Å². The van der Waals surface area contributed by atoms with Gasteiger partial charge in [-0.15, -0.1) is 0 Å². The largest absolute Gasteiger partial charge is 0.481 e. The molecule has 1 aromatic heterocycles. The third-order valence-corrected chi connectivity index (χ3v) is 5.74. The second kappa shape index (κ2) is 6.94. The highest BCUT2D eigenvalue weighted by Crippen LogP contribution is 2.25. The van der Waals surface area contributed by atoms with Gasteiger partial charge in [-0.05, 0) is 19.8 Å². The Morgan fingerprint density at radius 3 is 2.33 bits per heavy atom. The molecule has 0 saturated heterocycles. The fourth-order valence-electron chi connectivity index (χ4n) is 2.02. The van der Waals surface area contributed by atoms with Crippen LogP contribution in [0.2, 0.25) is 0 Å². The van der Waals surface area contributed by atoms with E-state index in [1.165, 1.54) is 21.0 Å². The maximum Gasteiger partial charge on any atom is 0.305 e. The minimum Gasteiger partial charge on any atom is -0.481 e. The lowest BCUT2D eigenvalue weighted by atomic mass is 9.85. The molecule has 9 heteroatoms. The number of aryl methyl sites for hydroxylation is 1. The molecular formula is C15H24N2O6S. The number of rotatable bonds is 7. The van der Waals surface area contributed by atoms with Crippen molar-refractivity contribution in [3.63, 3.8) is 0 Å². The van der Waals surface area contributed by atoms with E-state index in [-0.39, 0.29) is 28.8 Å². The summed E-state index contributed by atoms with van der Waals surface area (Å²) in [5, 5.41) is 11.4. The van der Waals surface area contributed by atoms with E-state index < -0.39 is 27.4 Å². The van der Waals surface area contributed by atoms with E-state index in [0.29, 0.717) is 0 Å². The fourth-order valence-corrected chi connectivity index (χ4v) is 2.88. The number of hydrogen-bond acceptors (Lipinski definition) is 5. The van der Waals surface area contributed by atoms with Crippen LogP contribution in [0.15, 0.2) is 15.6 Å². The zero-order valence-electron chi connectivity index (χ0n) is 14.7. The molecule has 8 nitrogen and oxygen atoms in total. The molecule has 1 atom stereocenters. The smallest absolute Gasteiger partial charge is 0.305 e. The Kier molecular flexibility index (Phi) is 5.83. The summed E-state index contributed by atoms with van der Waals surface area (Å²) in [6.45, 7) is 6.71. The fraction of sp³-hybridized carbons (Fsp3) is 0.600. The van der Waals surface area contributed by atoms with Crippen LogP contribution in [-0.4, -0.2) is 49.3 Å². The van der Waals surface area contributed by atoms with Crippen LogP contribution in [0, 0.1) is 12.8 Å². The van der Waals surface area contributed by atoms with Gasteiger partial charge in [-0.3, -0.25) is 9.59 Å². The van der Waals surface area contributed by atoms with Crippen molar-refractivity contribution in [1.82, 2.24) is 9.62 Å². The van der Waals surface area contributed by atoms with Gasteiger partial charge in [-0.25, -0.2) is 12.7 Å². The first-order chi connectivity index (χ1) is 10.8. The third-order valence-electron chi connectivity index (χ3n) is 4.07. The lowest BCUT2D eigenvalue weighted by Gasteiger charge is -2.33. The summed E-state index contributed by atoms with van der Waals surface area (Å²) in [6.07, 6.45) is -0.254. The minimum absolute atomic E-state index is 0.0627. The van der Waals surface area contributed by atoms with Crippen molar-refractivity contribution in [3.05, 3.63) is 17.4 Å². The number of carbonyl (C=O) groups is 2. The molecule has 0 aliphatic rings. The highest BCUT2D eigenvalue weighted by atomic mass is 32.2. The molecule has 2 N–H and O–H groups in total. The molecule has 0 fully saturated rings. The van der Waals surface area contributed by atoms with Gasteiger partial charge >= 0.3 is 5.97 Å². The van der Waals surface area contributed by atoms with E-state index in [4.69, 9.17) is 9.52 Å². The molecule has 0 aliphatic carbocycles. The van der Waals surface area contributed by atoms with Crippen LogP contribution < -0.4 is 5.32 Å². The van der Waals surface area contributed by atoms with Crippen LogP contribution in [0.3, 0.4) is 0 Å². The Bertz CT molecular complexity index is 735. The third kappa shape index (κ3) is 4.15. The molecule has 136 valence electrons. The number of hydrogen-bond donors (Lipinski definition) is 2. The van der Waals surface area contributed by atoms with Gasteiger partial charge in [-0.1, -0.05) is 13.8 Å². The van der Waals surface area contributed by atoms with Crippen LogP contribution in [-0.2, 0) is 14.8 Å². The lowest BCUT2D eigenvalue weighted by Crippen LogP contribution is -2.51. The van der Waals surface area contributed by atoms with E-state index in [0.717, 1.165) is 10.4 Å². The SMILES string of the molecule is Cc1oc(S(=O)(=O)N(C)C)cc1C(=O)NC(C)(CC(=O)O)C(C)C. The molecule has 1 aromatic rings. The number of amides is 1. The second-order valence-electron chi connectivity index (χ2n) is 6.42. The zero-order chi connectivity index (χ0) is 18.9. The van der Waals surface area contributed by atoms with Crippen LogP contribution in [0.5, 0.6) is 0 Å². The average molecular weight is 360 g/mol. The van der Waals surface area contributed by atoms with Crippen molar-refractivity contribution in [3.8, 4) is 0 Å². The Hall–Kier alpha value is -1.87. The summed E-state index contributed by atoms with van der Waals surface area (Å²) in [6, 6.07) is 1.15. The van der Waals surface area contributed by atoms with Gasteiger partial charge in [0.1, 0.15) is 5.76 Å². The molecule has 0 aromatic carbocycles. The number of carbonyl (C=O) groups excluding carboxylic acids is 1. The van der Waals surface area contributed by atoms with E-state index in [1.54, 1.807) is 20.8 Å². The van der Waals surface area contributed by atoms with Crippen molar-refractivity contribution >= 4 is 21.9 Å². The van der Waals surface area contributed by atoms with Crippen LogP contribution in [0.4, 0.5) is 0 Å². The molecule has 24 heavy (non-hydrogen) atoms. The van der Waals surface area contributed by atoms with Crippen LogP contribution in [0.1, 0.15) is 43.3 Å². The van der Waals surface area contributed by atoms with Crippen LogP contribution in [0.25, 0.3) is 0 Å². The normalized spacial score (nSPS) is 14.7. The molecule has 0 spiro atoms. The van der Waals surface area contributed by atoms with Gasteiger partial charge in [-0.2, -0.15) is 0 Å². The van der Waals surface area contributed by atoms with Gasteiger partial charge < -0.3 is 14.8 Å². The van der Waals surface area contributed by atoms with Gasteiger partial charge in [0.2, 0.25) is 5.09 Å². The molecule has 1 heterocycles. The maximum atomic E-state index is 12.5. The van der Waals surface area contributed by atoms with Gasteiger partial charge in [0.25, 0.3) is 15.9 Å². The Morgan fingerprint density at radius 2 is 1.92 bits per heavy atom. The van der Waals surface area contributed by atoms with Crippen molar-refractivity contribution < 1.29 is 27.5 Å². The van der Waals surface area contributed by atoms with Crippen molar-refractivity contribution in [2.45, 2.75) is 44.7 Å². The Balaban J connectivity index is 3.17. The number of carboxylic acid groups (broad SMARTS) is 1. The van der Waals surface area contributed by atoms with E-state index in [1.807, 2.05) is 0 Å². The number of aliphatic carboxylic acids is 1. The average Bonchev–Trinajstić information content (AvgIpc) is 2.80. The number of carboxylic acids is 1. The number of sulfonamides is 1. The summed E-state index contributed by atoms with van der Waals surface area (Å²) < 4.78 is 30.4. The topological polar surface area (TPSA) is 117 Å². The first-order valence-corrected chi connectivity index (χ1v) is 8.82.